The second-order valence-electron chi connectivity index (χ2n) is 11.5. The number of phenolic OH excluding ortho intramolecular Hbond substituents is 1. The minimum atomic E-state index is -1.51. The highest BCUT2D eigenvalue weighted by Crippen LogP contribution is 2.38. The van der Waals surface area contributed by atoms with Crippen LogP contribution in [0.15, 0.2) is 48.7 Å². The van der Waals surface area contributed by atoms with Crippen molar-refractivity contribution < 1.29 is 7.85 Å². The Bertz CT molecular complexity index is 1410. The van der Waals surface area contributed by atoms with Gasteiger partial charge in [-0.15, -0.1) is 0 Å². The maximum Gasteiger partial charge on any atom is 0.137 e. The number of phenols is 1. The summed E-state index contributed by atoms with van der Waals surface area (Å²) in [7, 11) is 0. The highest BCUT2D eigenvalue weighted by Gasteiger charge is 2.21. The van der Waals surface area contributed by atoms with E-state index in [4.69, 9.17) is 4.98 Å². The molecule has 0 fully saturated rings. The van der Waals surface area contributed by atoms with Crippen molar-refractivity contribution in [3.05, 3.63) is 65.4 Å². The Hall–Kier alpha value is -2.81. The molecule has 0 atom stereocenters. The molecule has 0 saturated carbocycles. The van der Waals surface area contributed by atoms with Gasteiger partial charge in [-0.2, -0.15) is 0 Å². The van der Waals surface area contributed by atoms with Crippen molar-refractivity contribution in [3.63, 3.8) is 0 Å². The Morgan fingerprint density at radius 1 is 0.944 bits per heavy atom. The molecule has 3 heteroatoms. The van der Waals surface area contributed by atoms with E-state index in [1.54, 1.807) is 12.1 Å². The summed E-state index contributed by atoms with van der Waals surface area (Å²) in [5, 5.41) is 12.4. The first-order chi connectivity index (χ1) is 18.0. The second-order valence-corrected chi connectivity index (χ2v) is 11.5. The molecule has 192 valence electrons. The first-order valence-electron chi connectivity index (χ1n) is 14.7. The van der Waals surface area contributed by atoms with Gasteiger partial charge in [-0.05, 0) is 77.6 Å². The predicted molar refractivity (Wildman–Crippen MR) is 155 cm³/mol. The number of pyridine rings is 1. The lowest BCUT2D eigenvalue weighted by molar-refractivity contribution is 0.476. The summed E-state index contributed by atoms with van der Waals surface area (Å²) >= 11 is 0. The van der Waals surface area contributed by atoms with Crippen LogP contribution in [0.5, 0.6) is 5.75 Å². The number of hydrogen-bond donors (Lipinski definition) is 1. The number of nitrogens with zero attached hydrogens (tertiary/aromatic N) is 2. The van der Waals surface area contributed by atoms with Gasteiger partial charge in [-0.1, -0.05) is 79.7 Å². The van der Waals surface area contributed by atoms with Crippen LogP contribution in [0.3, 0.4) is 0 Å². The molecule has 2 heterocycles. The molecule has 2 aromatic carbocycles. The second kappa shape index (κ2) is 11.1. The molecule has 0 aliphatic rings. The Morgan fingerprint density at radius 3 is 2.42 bits per heavy atom. The van der Waals surface area contributed by atoms with Crippen LogP contribution in [0, 0.1) is 5.92 Å². The molecule has 0 unspecified atom stereocenters. The van der Waals surface area contributed by atoms with Crippen LogP contribution in [0.1, 0.15) is 99.5 Å². The van der Waals surface area contributed by atoms with Gasteiger partial charge in [0.15, 0.2) is 0 Å². The summed E-state index contributed by atoms with van der Waals surface area (Å²) in [5.74, 6) is 0.784. The third-order valence-corrected chi connectivity index (χ3v) is 7.08. The minimum absolute atomic E-state index is 0.0385. The van der Waals surface area contributed by atoms with E-state index in [0.717, 1.165) is 51.6 Å². The van der Waals surface area contributed by atoms with Gasteiger partial charge in [0.05, 0.1) is 11.0 Å². The van der Waals surface area contributed by atoms with Crippen LogP contribution in [-0.4, -0.2) is 14.7 Å². The topological polar surface area (TPSA) is 38.0 Å². The third-order valence-electron chi connectivity index (χ3n) is 7.08. The molecule has 4 aromatic rings. The van der Waals surface area contributed by atoms with E-state index in [9.17, 15) is 7.85 Å². The Labute approximate surface area is 220 Å². The molecule has 0 radical (unpaired) electrons. The lowest BCUT2D eigenvalue weighted by atomic mass is 9.88. The summed E-state index contributed by atoms with van der Waals surface area (Å²) < 4.78 is 20.6. The Morgan fingerprint density at radius 2 is 1.69 bits per heavy atom. The summed E-state index contributed by atoms with van der Waals surface area (Å²) in [6.07, 6.45) is 8.46. The molecule has 0 aliphatic heterocycles. The zero-order valence-electron chi connectivity index (χ0n) is 25.0. The van der Waals surface area contributed by atoms with Crippen LogP contribution < -0.4 is 0 Å². The molecule has 0 bridgehead atoms. The Balaban J connectivity index is 1.96. The first-order valence-corrected chi connectivity index (χ1v) is 13.7. The van der Waals surface area contributed by atoms with Gasteiger partial charge in [0.25, 0.3) is 0 Å². The summed E-state index contributed by atoms with van der Waals surface area (Å²) in [5.41, 5.74) is 4.79. The monoisotopic (exact) mass is 486 g/mol. The van der Waals surface area contributed by atoms with Gasteiger partial charge < -0.3 is 5.11 Å². The molecule has 0 saturated heterocycles. The predicted octanol–water partition coefficient (Wildman–Crippen LogP) is 9.28. The molecule has 0 amide bonds. The maximum absolute atomic E-state index is 10.5. The fraction of sp³-hybridized carbons (Fsp3) is 0.485. The lowest BCUT2D eigenvalue weighted by Crippen LogP contribution is -2.12. The first kappa shape index (κ1) is 23.6. The summed E-state index contributed by atoms with van der Waals surface area (Å²) in [6.45, 7) is 12.7. The smallest absolute Gasteiger partial charge is 0.137 e. The van der Waals surface area contributed by atoms with E-state index in [0.29, 0.717) is 0 Å². The summed E-state index contributed by atoms with van der Waals surface area (Å²) in [4.78, 5) is 4.75. The van der Waals surface area contributed by atoms with Crippen molar-refractivity contribution in [2.24, 2.45) is 5.92 Å². The summed E-state index contributed by atoms with van der Waals surface area (Å²) in [6, 6.07) is 13.9. The minimum Gasteiger partial charge on any atom is -0.508 e. The van der Waals surface area contributed by atoms with Crippen LogP contribution in [0.4, 0.5) is 0 Å². The SMILES string of the molecule is [2H]C([2H])(c1c(CCCCCCCC)ccc2c1c1ccc(O)cc1n2-c1cc(C(C)(C)C)ccn1)C(C)C. The number of aromatic hydroxyl groups is 1. The van der Waals surface area contributed by atoms with Crippen LogP contribution in [0.2, 0.25) is 0 Å². The van der Waals surface area contributed by atoms with Crippen LogP contribution >= 0.6 is 0 Å². The number of aromatic nitrogens is 2. The number of benzene rings is 2. The molecule has 0 spiro atoms. The number of aryl methyl sites for hydroxylation is 1. The highest BCUT2D eigenvalue weighted by atomic mass is 16.3. The van der Waals surface area contributed by atoms with Gasteiger partial charge in [0.2, 0.25) is 0 Å². The van der Waals surface area contributed by atoms with E-state index in [-0.39, 0.29) is 17.1 Å². The van der Waals surface area contributed by atoms with Crippen molar-refractivity contribution >= 4 is 21.8 Å². The van der Waals surface area contributed by atoms with Gasteiger partial charge in [0, 0.05) is 25.8 Å². The van der Waals surface area contributed by atoms with Crippen molar-refractivity contribution in [1.82, 2.24) is 9.55 Å². The fourth-order valence-corrected chi connectivity index (χ4v) is 5.15. The number of hydrogen-bond acceptors (Lipinski definition) is 2. The largest absolute Gasteiger partial charge is 0.508 e. The fourth-order valence-electron chi connectivity index (χ4n) is 5.15. The van der Waals surface area contributed by atoms with Crippen molar-refractivity contribution in [2.75, 3.05) is 0 Å². The normalized spacial score (nSPS) is 13.5. The van der Waals surface area contributed by atoms with Gasteiger partial charge in [0.1, 0.15) is 11.6 Å². The zero-order chi connectivity index (χ0) is 27.7. The lowest BCUT2D eigenvalue weighted by Gasteiger charge is -2.20. The van der Waals surface area contributed by atoms with Crippen molar-refractivity contribution in [2.45, 2.75) is 98.3 Å². The van der Waals surface area contributed by atoms with Crippen LogP contribution in [-0.2, 0) is 18.2 Å². The van der Waals surface area contributed by atoms with Gasteiger partial charge in [-0.25, -0.2) is 4.98 Å². The van der Waals surface area contributed by atoms with Gasteiger partial charge >= 0.3 is 0 Å². The number of unbranched alkanes of at least 4 members (excludes halogenated alkanes) is 5. The molecule has 4 rings (SSSR count). The zero-order valence-corrected chi connectivity index (χ0v) is 23.0. The average molecular weight is 487 g/mol. The van der Waals surface area contributed by atoms with Crippen LogP contribution in [0.25, 0.3) is 27.6 Å². The van der Waals surface area contributed by atoms with Crippen molar-refractivity contribution in [1.29, 1.82) is 0 Å². The molecule has 0 aliphatic carbocycles. The van der Waals surface area contributed by atoms with E-state index in [2.05, 4.69) is 56.5 Å². The highest BCUT2D eigenvalue weighted by molar-refractivity contribution is 6.11. The van der Waals surface area contributed by atoms with E-state index in [1.807, 2.05) is 26.1 Å². The molecule has 3 nitrogen and oxygen atoms in total. The van der Waals surface area contributed by atoms with Crippen molar-refractivity contribution in [3.8, 4) is 11.6 Å². The number of fused-ring (bicyclic) bond motifs is 3. The molecule has 1 N–H and O–H groups in total. The van der Waals surface area contributed by atoms with E-state index in [1.165, 1.54) is 37.7 Å². The van der Waals surface area contributed by atoms with E-state index < -0.39 is 6.37 Å². The quantitative estimate of drug-likeness (QED) is 0.227. The molecule has 36 heavy (non-hydrogen) atoms. The van der Waals surface area contributed by atoms with E-state index >= 15 is 0 Å². The van der Waals surface area contributed by atoms with Gasteiger partial charge in [-0.3, -0.25) is 4.57 Å². The maximum atomic E-state index is 10.5. The molecular formula is C33H44N2O. The third kappa shape index (κ3) is 5.61. The number of rotatable bonds is 10. The molecule has 2 aromatic heterocycles. The molecular weight excluding hydrogens is 440 g/mol. The standard InChI is InChI=1S/C33H44N2O/c1-7-8-9-10-11-12-13-24-14-17-29-32(28(24)20-23(2)3)27-16-15-26(36)22-30(27)35(29)31-21-25(18-19-34-31)33(4,5)6/h14-19,21-23,36H,7-13,20H2,1-6H3/i20D2. The Kier molecular flexibility index (Phi) is 7.25. The average Bonchev–Trinajstić information content (AvgIpc) is 3.18.